The molecule has 1 saturated carbocycles. The topological polar surface area (TPSA) is 24.9 Å². The van der Waals surface area contributed by atoms with Gasteiger partial charge in [-0.15, -0.1) is 0 Å². The molecule has 0 atom stereocenters. The van der Waals surface area contributed by atoms with Crippen LogP contribution in [0.2, 0.25) is 0 Å². The molecule has 100 valence electrons. The Morgan fingerprint density at radius 1 is 1.28 bits per heavy atom. The first kappa shape index (κ1) is 13.5. The first-order valence-corrected chi connectivity index (χ1v) is 7.38. The van der Waals surface area contributed by atoms with Crippen LogP contribution in [-0.2, 0) is 5.41 Å². The summed E-state index contributed by atoms with van der Waals surface area (Å²) in [6.07, 6.45) is 10.4. The molecular weight excluding hydrogens is 220 g/mol. The summed E-state index contributed by atoms with van der Waals surface area (Å²) >= 11 is 0. The molecule has 2 heteroatoms. The lowest BCUT2D eigenvalue weighted by molar-refractivity contribution is 0.234. The van der Waals surface area contributed by atoms with Crippen LogP contribution in [0.3, 0.4) is 0 Å². The van der Waals surface area contributed by atoms with Gasteiger partial charge in [0.05, 0.1) is 0 Å². The zero-order chi connectivity index (χ0) is 12.8. The number of hydrogen-bond donors (Lipinski definition) is 1. The normalized spacial score (nSPS) is 28.2. The van der Waals surface area contributed by atoms with Crippen LogP contribution >= 0.6 is 0 Å². The summed E-state index contributed by atoms with van der Waals surface area (Å²) in [5.41, 5.74) is 1.83. The van der Waals surface area contributed by atoms with E-state index in [-0.39, 0.29) is 0 Å². The highest BCUT2D eigenvalue weighted by atomic mass is 14.9. The molecule has 1 N–H and O–H groups in total. The van der Waals surface area contributed by atoms with Gasteiger partial charge in [-0.1, -0.05) is 13.8 Å². The van der Waals surface area contributed by atoms with Crippen LogP contribution in [0.5, 0.6) is 0 Å². The Bertz CT molecular complexity index is 339. The van der Waals surface area contributed by atoms with Crippen molar-refractivity contribution in [2.45, 2.75) is 51.4 Å². The molecule has 1 aromatic heterocycles. The minimum absolute atomic E-state index is 0.352. The van der Waals surface area contributed by atoms with E-state index in [1.54, 1.807) is 0 Å². The first-order chi connectivity index (χ1) is 8.77. The van der Waals surface area contributed by atoms with Gasteiger partial charge in [-0.05, 0) is 62.3 Å². The standard InChI is InChI=1S/C16H26N2/c1-3-10-18-13-16(8-4-14(2)5-9-16)15-6-11-17-12-7-15/h6-7,11-12,14,18H,3-5,8-10,13H2,1-2H3. The van der Waals surface area contributed by atoms with Gasteiger partial charge in [0.15, 0.2) is 0 Å². The minimum Gasteiger partial charge on any atom is -0.316 e. The van der Waals surface area contributed by atoms with Crippen LogP contribution in [0.1, 0.15) is 51.5 Å². The molecule has 0 saturated heterocycles. The van der Waals surface area contributed by atoms with E-state index in [2.05, 4.69) is 36.3 Å². The maximum Gasteiger partial charge on any atom is 0.0270 e. The predicted octanol–water partition coefficient (Wildman–Crippen LogP) is 3.53. The number of pyridine rings is 1. The van der Waals surface area contributed by atoms with Gasteiger partial charge < -0.3 is 5.32 Å². The highest BCUT2D eigenvalue weighted by Crippen LogP contribution is 2.40. The zero-order valence-electron chi connectivity index (χ0n) is 11.8. The van der Waals surface area contributed by atoms with E-state index in [0.717, 1.165) is 19.0 Å². The number of hydrogen-bond acceptors (Lipinski definition) is 2. The summed E-state index contributed by atoms with van der Waals surface area (Å²) in [6.45, 7) is 6.87. The molecule has 2 rings (SSSR count). The summed E-state index contributed by atoms with van der Waals surface area (Å²) < 4.78 is 0. The number of nitrogens with one attached hydrogen (secondary N) is 1. The molecule has 18 heavy (non-hydrogen) atoms. The van der Waals surface area contributed by atoms with E-state index in [9.17, 15) is 0 Å². The van der Waals surface area contributed by atoms with Gasteiger partial charge in [0.25, 0.3) is 0 Å². The van der Waals surface area contributed by atoms with E-state index < -0.39 is 0 Å². The van der Waals surface area contributed by atoms with Gasteiger partial charge in [0.1, 0.15) is 0 Å². The van der Waals surface area contributed by atoms with Crippen molar-refractivity contribution < 1.29 is 0 Å². The van der Waals surface area contributed by atoms with Gasteiger partial charge in [-0.2, -0.15) is 0 Å². The summed E-state index contributed by atoms with van der Waals surface area (Å²) in [5, 5.41) is 3.64. The Morgan fingerprint density at radius 2 is 1.94 bits per heavy atom. The highest BCUT2D eigenvalue weighted by molar-refractivity contribution is 5.24. The fourth-order valence-electron chi connectivity index (χ4n) is 3.09. The van der Waals surface area contributed by atoms with Crippen molar-refractivity contribution in [3.63, 3.8) is 0 Å². The highest BCUT2D eigenvalue weighted by Gasteiger charge is 2.35. The molecule has 0 amide bonds. The Labute approximate surface area is 111 Å². The van der Waals surface area contributed by atoms with Crippen molar-refractivity contribution in [1.29, 1.82) is 0 Å². The van der Waals surface area contributed by atoms with Gasteiger partial charge in [-0.25, -0.2) is 0 Å². The Morgan fingerprint density at radius 3 is 2.56 bits per heavy atom. The van der Waals surface area contributed by atoms with E-state index in [4.69, 9.17) is 0 Å². The van der Waals surface area contributed by atoms with Gasteiger partial charge in [-0.3, -0.25) is 4.98 Å². The zero-order valence-corrected chi connectivity index (χ0v) is 11.8. The SMILES string of the molecule is CCCNCC1(c2ccncc2)CCC(C)CC1. The molecule has 0 spiro atoms. The molecule has 0 unspecified atom stereocenters. The van der Waals surface area contributed by atoms with Crippen molar-refractivity contribution in [2.75, 3.05) is 13.1 Å². The van der Waals surface area contributed by atoms with Gasteiger partial charge >= 0.3 is 0 Å². The lowest BCUT2D eigenvalue weighted by Gasteiger charge is -2.40. The average Bonchev–Trinajstić information content (AvgIpc) is 2.43. The van der Waals surface area contributed by atoms with Crippen LogP contribution in [-0.4, -0.2) is 18.1 Å². The first-order valence-electron chi connectivity index (χ1n) is 7.38. The third-order valence-corrected chi connectivity index (χ3v) is 4.41. The Hall–Kier alpha value is -0.890. The lowest BCUT2D eigenvalue weighted by atomic mass is 9.67. The summed E-state index contributed by atoms with van der Waals surface area (Å²) in [4.78, 5) is 4.16. The van der Waals surface area contributed by atoms with Crippen molar-refractivity contribution >= 4 is 0 Å². The van der Waals surface area contributed by atoms with E-state index >= 15 is 0 Å². The molecule has 1 fully saturated rings. The monoisotopic (exact) mass is 246 g/mol. The number of rotatable bonds is 5. The fraction of sp³-hybridized carbons (Fsp3) is 0.688. The van der Waals surface area contributed by atoms with Gasteiger partial charge in [0.2, 0.25) is 0 Å². The second kappa shape index (κ2) is 6.33. The largest absolute Gasteiger partial charge is 0.316 e. The van der Waals surface area contributed by atoms with Crippen LogP contribution in [0.25, 0.3) is 0 Å². The lowest BCUT2D eigenvalue weighted by Crippen LogP contribution is -2.41. The fourth-order valence-corrected chi connectivity index (χ4v) is 3.09. The average molecular weight is 246 g/mol. The second-order valence-electron chi connectivity index (χ2n) is 5.88. The second-order valence-corrected chi connectivity index (χ2v) is 5.88. The maximum absolute atomic E-state index is 4.16. The molecule has 1 aliphatic carbocycles. The summed E-state index contributed by atoms with van der Waals surface area (Å²) in [5.74, 6) is 0.895. The third-order valence-electron chi connectivity index (χ3n) is 4.41. The number of nitrogens with zero attached hydrogens (tertiary/aromatic N) is 1. The van der Waals surface area contributed by atoms with Crippen molar-refractivity contribution in [2.24, 2.45) is 5.92 Å². The molecule has 2 nitrogen and oxygen atoms in total. The molecule has 0 aromatic carbocycles. The van der Waals surface area contributed by atoms with Crippen LogP contribution < -0.4 is 5.32 Å². The molecule has 1 aromatic rings. The third kappa shape index (κ3) is 3.11. The predicted molar refractivity (Wildman–Crippen MR) is 76.7 cm³/mol. The smallest absolute Gasteiger partial charge is 0.0270 e. The van der Waals surface area contributed by atoms with E-state index in [1.807, 2.05) is 12.4 Å². The molecule has 0 radical (unpaired) electrons. The van der Waals surface area contributed by atoms with Crippen LogP contribution in [0, 0.1) is 5.92 Å². The molecule has 0 bridgehead atoms. The van der Waals surface area contributed by atoms with Crippen molar-refractivity contribution in [3.8, 4) is 0 Å². The molecule has 1 heterocycles. The van der Waals surface area contributed by atoms with E-state index in [0.29, 0.717) is 5.41 Å². The van der Waals surface area contributed by atoms with Crippen molar-refractivity contribution in [1.82, 2.24) is 10.3 Å². The van der Waals surface area contributed by atoms with Crippen LogP contribution in [0.4, 0.5) is 0 Å². The number of aromatic nitrogens is 1. The Kier molecular flexibility index (Phi) is 4.76. The molecular formula is C16H26N2. The van der Waals surface area contributed by atoms with Crippen molar-refractivity contribution in [3.05, 3.63) is 30.1 Å². The molecule has 1 aliphatic rings. The Balaban J connectivity index is 2.12. The molecule has 0 aliphatic heterocycles. The minimum atomic E-state index is 0.352. The quantitative estimate of drug-likeness (QED) is 0.804. The summed E-state index contributed by atoms with van der Waals surface area (Å²) in [7, 11) is 0. The summed E-state index contributed by atoms with van der Waals surface area (Å²) in [6, 6.07) is 4.42. The van der Waals surface area contributed by atoms with E-state index in [1.165, 1.54) is 37.7 Å². The van der Waals surface area contributed by atoms with Gasteiger partial charge in [0, 0.05) is 24.4 Å². The maximum atomic E-state index is 4.16. The van der Waals surface area contributed by atoms with Crippen LogP contribution in [0.15, 0.2) is 24.5 Å².